The SMILES string of the molecule is O=C1NCC(COc2ccc(OC(F)(F)F)c(Br)c2)O1. The second kappa shape index (κ2) is 5.78. The van der Waals surface area contributed by atoms with Gasteiger partial charge in [-0.05, 0) is 34.1 Å². The predicted molar refractivity (Wildman–Crippen MR) is 64.6 cm³/mol. The molecule has 1 N–H and O–H groups in total. The molecule has 20 heavy (non-hydrogen) atoms. The minimum absolute atomic E-state index is 0.102. The van der Waals surface area contributed by atoms with Gasteiger partial charge in [-0.15, -0.1) is 13.2 Å². The summed E-state index contributed by atoms with van der Waals surface area (Å²) >= 11 is 2.96. The Balaban J connectivity index is 1.93. The standard InChI is InChI=1S/C11H9BrF3NO4/c12-8-3-6(1-2-9(8)20-11(13,14)15)18-5-7-4-16-10(17)19-7/h1-3,7H,4-5H2,(H,16,17). The third-order valence-electron chi connectivity index (χ3n) is 2.31. The van der Waals surface area contributed by atoms with Crippen molar-refractivity contribution in [1.82, 2.24) is 5.32 Å². The van der Waals surface area contributed by atoms with Gasteiger partial charge in [0.25, 0.3) is 0 Å². The van der Waals surface area contributed by atoms with E-state index in [9.17, 15) is 18.0 Å². The maximum absolute atomic E-state index is 12.1. The molecule has 0 radical (unpaired) electrons. The highest BCUT2D eigenvalue weighted by Gasteiger charge is 2.32. The number of alkyl halides is 3. The van der Waals surface area contributed by atoms with Crippen molar-refractivity contribution < 1.29 is 32.2 Å². The molecule has 1 unspecified atom stereocenters. The summed E-state index contributed by atoms with van der Waals surface area (Å²) in [6.45, 7) is 0.430. The number of halogens is 4. The molecule has 1 atom stereocenters. The zero-order chi connectivity index (χ0) is 14.8. The number of cyclic esters (lactones) is 1. The van der Waals surface area contributed by atoms with Crippen LogP contribution in [0.4, 0.5) is 18.0 Å². The Kier molecular flexibility index (Phi) is 4.26. The van der Waals surface area contributed by atoms with Gasteiger partial charge in [0.15, 0.2) is 6.10 Å². The van der Waals surface area contributed by atoms with Crippen LogP contribution in [0.25, 0.3) is 0 Å². The topological polar surface area (TPSA) is 56.8 Å². The molecule has 0 aromatic heterocycles. The van der Waals surface area contributed by atoms with Gasteiger partial charge in [0.05, 0.1) is 11.0 Å². The van der Waals surface area contributed by atoms with Crippen LogP contribution < -0.4 is 14.8 Å². The highest BCUT2D eigenvalue weighted by atomic mass is 79.9. The van der Waals surface area contributed by atoms with Crippen LogP contribution >= 0.6 is 15.9 Å². The quantitative estimate of drug-likeness (QED) is 0.902. The zero-order valence-corrected chi connectivity index (χ0v) is 11.5. The molecule has 1 heterocycles. The lowest BCUT2D eigenvalue weighted by molar-refractivity contribution is -0.274. The molecule has 110 valence electrons. The van der Waals surface area contributed by atoms with Gasteiger partial charge in [-0.3, -0.25) is 0 Å². The van der Waals surface area contributed by atoms with Gasteiger partial charge in [-0.25, -0.2) is 4.79 Å². The molecule has 1 aliphatic heterocycles. The van der Waals surface area contributed by atoms with E-state index >= 15 is 0 Å². The molecule has 0 bridgehead atoms. The van der Waals surface area contributed by atoms with E-state index in [-0.39, 0.29) is 16.8 Å². The minimum Gasteiger partial charge on any atom is -0.490 e. The van der Waals surface area contributed by atoms with Crippen LogP contribution in [0.15, 0.2) is 22.7 Å². The molecular weight excluding hydrogens is 347 g/mol. The van der Waals surface area contributed by atoms with Crippen molar-refractivity contribution in [3.8, 4) is 11.5 Å². The molecular formula is C11H9BrF3NO4. The number of nitrogens with one attached hydrogen (secondary N) is 1. The Labute approximate surface area is 120 Å². The number of rotatable bonds is 4. The molecule has 1 aromatic carbocycles. The van der Waals surface area contributed by atoms with E-state index in [0.717, 1.165) is 6.07 Å². The Bertz CT molecular complexity index is 509. The van der Waals surface area contributed by atoms with Crippen molar-refractivity contribution in [3.05, 3.63) is 22.7 Å². The third-order valence-corrected chi connectivity index (χ3v) is 2.93. The first-order valence-electron chi connectivity index (χ1n) is 5.46. The second-order valence-corrected chi connectivity index (χ2v) is 4.71. The van der Waals surface area contributed by atoms with Gasteiger partial charge in [0.1, 0.15) is 18.1 Å². The molecule has 0 spiro atoms. The average Bonchev–Trinajstić information content (AvgIpc) is 2.74. The number of carbonyl (C=O) groups is 1. The summed E-state index contributed by atoms with van der Waals surface area (Å²) in [5, 5.41) is 2.46. The summed E-state index contributed by atoms with van der Waals surface area (Å²) in [4.78, 5) is 10.8. The van der Waals surface area contributed by atoms with Crippen LogP contribution in [0.1, 0.15) is 0 Å². The molecule has 9 heteroatoms. The average molecular weight is 356 g/mol. The number of ether oxygens (including phenoxy) is 3. The van der Waals surface area contributed by atoms with Crippen molar-refractivity contribution in [2.24, 2.45) is 0 Å². The molecule has 1 aliphatic rings. The molecule has 0 saturated carbocycles. The van der Waals surface area contributed by atoms with Crippen molar-refractivity contribution >= 4 is 22.0 Å². The van der Waals surface area contributed by atoms with Crippen LogP contribution in [-0.4, -0.2) is 31.7 Å². The first-order chi connectivity index (χ1) is 9.33. The number of hydrogen-bond acceptors (Lipinski definition) is 4. The lowest BCUT2D eigenvalue weighted by atomic mass is 10.3. The van der Waals surface area contributed by atoms with Crippen LogP contribution in [0.3, 0.4) is 0 Å². The maximum atomic E-state index is 12.1. The maximum Gasteiger partial charge on any atom is 0.573 e. The number of benzene rings is 1. The van der Waals surface area contributed by atoms with E-state index in [4.69, 9.17) is 9.47 Å². The Morgan fingerprint density at radius 3 is 2.75 bits per heavy atom. The van der Waals surface area contributed by atoms with Crippen molar-refractivity contribution in [1.29, 1.82) is 0 Å². The second-order valence-electron chi connectivity index (χ2n) is 3.86. The van der Waals surface area contributed by atoms with Gasteiger partial charge in [0, 0.05) is 0 Å². The first kappa shape index (κ1) is 14.8. The fraction of sp³-hybridized carbons (Fsp3) is 0.364. The van der Waals surface area contributed by atoms with Crippen molar-refractivity contribution in [2.45, 2.75) is 12.5 Å². The van der Waals surface area contributed by atoms with Gasteiger partial charge < -0.3 is 19.5 Å². The largest absolute Gasteiger partial charge is 0.573 e. The molecule has 1 saturated heterocycles. The Morgan fingerprint density at radius 1 is 1.45 bits per heavy atom. The van der Waals surface area contributed by atoms with Gasteiger partial charge in [-0.1, -0.05) is 0 Å². The van der Waals surface area contributed by atoms with E-state index in [2.05, 4.69) is 26.0 Å². The van der Waals surface area contributed by atoms with Gasteiger partial charge >= 0.3 is 12.5 Å². The summed E-state index contributed by atoms with van der Waals surface area (Å²) in [7, 11) is 0. The van der Waals surface area contributed by atoms with E-state index in [1.807, 2.05) is 0 Å². The number of alkyl carbamates (subject to hydrolysis) is 1. The zero-order valence-electron chi connectivity index (χ0n) is 9.87. The normalized spacial score (nSPS) is 18.4. The van der Waals surface area contributed by atoms with E-state index in [0.29, 0.717) is 12.3 Å². The molecule has 1 aromatic rings. The Hall–Kier alpha value is -1.64. The van der Waals surface area contributed by atoms with Crippen LogP contribution in [0.2, 0.25) is 0 Å². The number of amides is 1. The number of carbonyl (C=O) groups excluding carboxylic acids is 1. The van der Waals surface area contributed by atoms with Crippen LogP contribution in [0.5, 0.6) is 11.5 Å². The smallest absolute Gasteiger partial charge is 0.490 e. The summed E-state index contributed by atoms with van der Waals surface area (Å²) in [5.74, 6) is -0.0341. The fourth-order valence-electron chi connectivity index (χ4n) is 1.49. The lowest BCUT2D eigenvalue weighted by Gasteiger charge is -2.13. The third kappa shape index (κ3) is 4.19. The number of hydrogen-bond donors (Lipinski definition) is 1. The monoisotopic (exact) mass is 355 g/mol. The minimum atomic E-state index is -4.76. The highest BCUT2D eigenvalue weighted by molar-refractivity contribution is 9.10. The van der Waals surface area contributed by atoms with Crippen molar-refractivity contribution in [3.63, 3.8) is 0 Å². The highest BCUT2D eigenvalue weighted by Crippen LogP contribution is 2.33. The van der Waals surface area contributed by atoms with E-state index < -0.39 is 18.6 Å². The lowest BCUT2D eigenvalue weighted by Crippen LogP contribution is -2.22. The molecule has 5 nitrogen and oxygen atoms in total. The van der Waals surface area contributed by atoms with Gasteiger partial charge in [0.2, 0.25) is 0 Å². The van der Waals surface area contributed by atoms with Crippen LogP contribution in [0, 0.1) is 0 Å². The fourth-order valence-corrected chi connectivity index (χ4v) is 1.93. The molecule has 1 amide bonds. The van der Waals surface area contributed by atoms with Crippen molar-refractivity contribution in [2.75, 3.05) is 13.2 Å². The molecule has 2 rings (SSSR count). The summed E-state index contributed by atoms with van der Waals surface area (Å²) < 4.78 is 50.3. The first-order valence-corrected chi connectivity index (χ1v) is 6.25. The van der Waals surface area contributed by atoms with E-state index in [1.165, 1.54) is 12.1 Å². The van der Waals surface area contributed by atoms with Crippen LogP contribution in [-0.2, 0) is 4.74 Å². The molecule has 1 fully saturated rings. The van der Waals surface area contributed by atoms with Gasteiger partial charge in [-0.2, -0.15) is 0 Å². The summed E-state index contributed by atoms with van der Waals surface area (Å²) in [6, 6.07) is 3.80. The summed E-state index contributed by atoms with van der Waals surface area (Å²) in [6.07, 6.45) is -5.70. The van der Waals surface area contributed by atoms with E-state index in [1.54, 1.807) is 0 Å². The summed E-state index contributed by atoms with van der Waals surface area (Å²) in [5.41, 5.74) is 0. The Morgan fingerprint density at radius 2 is 2.20 bits per heavy atom. The molecule has 0 aliphatic carbocycles. The predicted octanol–water partition coefficient (Wildman–Crippen LogP) is 2.83.